The van der Waals surface area contributed by atoms with Gasteiger partial charge in [-0.15, -0.1) is 24.0 Å². The fourth-order valence-electron chi connectivity index (χ4n) is 2.98. The zero-order valence-electron chi connectivity index (χ0n) is 16.3. The second-order valence-corrected chi connectivity index (χ2v) is 8.79. The molecule has 1 aromatic carbocycles. The fraction of sp³-hybridized carbons (Fsp3) is 0.400. The Kier molecular flexibility index (Phi) is 8.36. The molecule has 8 heteroatoms. The van der Waals surface area contributed by atoms with Crippen molar-refractivity contribution in [1.29, 1.82) is 0 Å². The molecule has 0 amide bonds. The normalized spacial score (nSPS) is 16.3. The van der Waals surface area contributed by atoms with Crippen LogP contribution in [0.4, 0.5) is 4.39 Å². The van der Waals surface area contributed by atoms with Crippen LogP contribution in [-0.2, 0) is 6.54 Å². The summed E-state index contributed by atoms with van der Waals surface area (Å²) in [6.07, 6.45) is 3.20. The molecule has 152 valence electrons. The van der Waals surface area contributed by atoms with Gasteiger partial charge in [-0.1, -0.05) is 6.07 Å². The monoisotopic (exact) mass is 516 g/mol. The number of nitrogens with zero attached hydrogens (tertiary/aromatic N) is 3. The van der Waals surface area contributed by atoms with Crippen LogP contribution in [0.15, 0.2) is 47.7 Å². The first kappa shape index (κ1) is 22.7. The van der Waals surface area contributed by atoms with Gasteiger partial charge in [0, 0.05) is 43.4 Å². The standard InChI is InChI=1S/C20H25FN4OS.HI/c1-20(2)14-25(9-10-27-20)19(22-3)24-12-15-6-7-18(17(21)11-15)26-16-5-4-8-23-13-16;/h4-8,11,13H,9-10,12,14H2,1-3H3,(H,22,24);1H. The average Bonchev–Trinajstić information content (AvgIpc) is 2.64. The second-order valence-electron chi connectivity index (χ2n) is 6.99. The molecule has 2 aromatic rings. The van der Waals surface area contributed by atoms with Gasteiger partial charge in [-0.2, -0.15) is 11.8 Å². The fourth-order valence-corrected chi connectivity index (χ4v) is 4.09. The summed E-state index contributed by atoms with van der Waals surface area (Å²) in [5.41, 5.74) is 0.831. The maximum atomic E-state index is 14.4. The van der Waals surface area contributed by atoms with Crippen LogP contribution in [0.2, 0.25) is 0 Å². The van der Waals surface area contributed by atoms with Gasteiger partial charge in [0.15, 0.2) is 17.5 Å². The average molecular weight is 516 g/mol. The Hall–Kier alpha value is -1.55. The Labute approximate surface area is 187 Å². The highest BCUT2D eigenvalue weighted by atomic mass is 127. The lowest BCUT2D eigenvalue weighted by Gasteiger charge is -2.39. The van der Waals surface area contributed by atoms with E-state index in [2.05, 4.69) is 34.0 Å². The van der Waals surface area contributed by atoms with Crippen LogP contribution in [0.5, 0.6) is 11.5 Å². The lowest BCUT2D eigenvalue weighted by atomic mass is 10.2. The van der Waals surface area contributed by atoms with E-state index in [-0.39, 0.29) is 34.5 Å². The third-order valence-electron chi connectivity index (χ3n) is 4.25. The third-order valence-corrected chi connectivity index (χ3v) is 5.54. The van der Waals surface area contributed by atoms with E-state index in [0.29, 0.717) is 12.3 Å². The van der Waals surface area contributed by atoms with E-state index in [0.717, 1.165) is 30.4 Å². The number of nitrogens with one attached hydrogen (secondary N) is 1. The number of pyridine rings is 1. The molecule has 0 saturated carbocycles. The molecule has 1 fully saturated rings. The molecule has 1 aliphatic heterocycles. The van der Waals surface area contributed by atoms with E-state index in [1.165, 1.54) is 6.07 Å². The van der Waals surface area contributed by atoms with Crippen LogP contribution >= 0.6 is 35.7 Å². The first-order valence-corrected chi connectivity index (χ1v) is 9.91. The van der Waals surface area contributed by atoms with Crippen LogP contribution in [-0.4, -0.2) is 46.5 Å². The third kappa shape index (κ3) is 6.23. The highest BCUT2D eigenvalue weighted by molar-refractivity contribution is 14.0. The number of halogens is 2. The minimum atomic E-state index is -0.399. The molecule has 28 heavy (non-hydrogen) atoms. The Balaban J connectivity index is 0.00000280. The lowest BCUT2D eigenvalue weighted by Crippen LogP contribution is -2.50. The Bertz CT molecular complexity index is 804. The topological polar surface area (TPSA) is 49.8 Å². The first-order valence-electron chi connectivity index (χ1n) is 8.93. The van der Waals surface area contributed by atoms with Gasteiger partial charge in [-0.25, -0.2) is 4.39 Å². The summed E-state index contributed by atoms with van der Waals surface area (Å²) in [6, 6.07) is 8.47. The van der Waals surface area contributed by atoms with Crippen molar-refractivity contribution in [2.45, 2.75) is 25.1 Å². The minimum absolute atomic E-state index is 0. The van der Waals surface area contributed by atoms with Crippen LogP contribution in [0.3, 0.4) is 0 Å². The van der Waals surface area contributed by atoms with Crippen LogP contribution in [0.25, 0.3) is 0 Å². The van der Waals surface area contributed by atoms with Crippen molar-refractivity contribution in [2.75, 3.05) is 25.9 Å². The highest BCUT2D eigenvalue weighted by Crippen LogP contribution is 2.29. The van der Waals surface area contributed by atoms with Crippen LogP contribution < -0.4 is 10.1 Å². The molecule has 2 heterocycles. The van der Waals surface area contributed by atoms with Crippen LogP contribution in [0.1, 0.15) is 19.4 Å². The molecule has 0 unspecified atom stereocenters. The molecule has 3 rings (SSSR count). The molecule has 1 aliphatic rings. The number of rotatable bonds is 4. The molecule has 0 bridgehead atoms. The molecule has 1 saturated heterocycles. The van der Waals surface area contributed by atoms with E-state index in [1.807, 2.05) is 17.8 Å². The molecule has 0 aliphatic carbocycles. The molecule has 0 spiro atoms. The summed E-state index contributed by atoms with van der Waals surface area (Å²) < 4.78 is 20.1. The van der Waals surface area contributed by atoms with Gasteiger partial charge in [0.1, 0.15) is 5.75 Å². The summed E-state index contributed by atoms with van der Waals surface area (Å²) in [5.74, 6) is 2.21. The SMILES string of the molecule is CN=C(NCc1ccc(Oc2cccnc2)c(F)c1)N1CCSC(C)(C)C1.I. The maximum Gasteiger partial charge on any atom is 0.193 e. The number of benzene rings is 1. The van der Waals surface area contributed by atoms with Gasteiger partial charge >= 0.3 is 0 Å². The summed E-state index contributed by atoms with van der Waals surface area (Å²) in [4.78, 5) is 10.6. The zero-order valence-corrected chi connectivity index (χ0v) is 19.5. The van der Waals surface area contributed by atoms with E-state index < -0.39 is 5.82 Å². The summed E-state index contributed by atoms with van der Waals surface area (Å²) in [6.45, 7) is 6.88. The Morgan fingerprint density at radius 2 is 2.21 bits per heavy atom. The van der Waals surface area contributed by atoms with E-state index in [1.54, 1.807) is 37.6 Å². The number of ether oxygens (including phenoxy) is 1. The molecule has 1 aromatic heterocycles. The molecule has 0 radical (unpaired) electrons. The van der Waals surface area contributed by atoms with Gasteiger partial charge in [0.05, 0.1) is 6.20 Å². The van der Waals surface area contributed by atoms with Crippen LogP contribution in [0, 0.1) is 5.82 Å². The predicted molar refractivity (Wildman–Crippen MR) is 124 cm³/mol. The van der Waals surface area contributed by atoms with Gasteiger partial charge < -0.3 is 15.0 Å². The number of aromatic nitrogens is 1. The summed E-state index contributed by atoms with van der Waals surface area (Å²) in [5, 5.41) is 3.34. The zero-order chi connectivity index (χ0) is 19.3. The summed E-state index contributed by atoms with van der Waals surface area (Å²) >= 11 is 1.98. The number of guanidine groups is 1. The minimum Gasteiger partial charge on any atom is -0.453 e. The van der Waals surface area contributed by atoms with Crippen molar-refractivity contribution < 1.29 is 9.13 Å². The number of hydrogen-bond acceptors (Lipinski definition) is 4. The smallest absolute Gasteiger partial charge is 0.193 e. The van der Waals surface area contributed by atoms with Gasteiger partial charge in [-0.3, -0.25) is 9.98 Å². The van der Waals surface area contributed by atoms with Gasteiger partial charge in [-0.05, 0) is 43.7 Å². The van der Waals surface area contributed by atoms with Crippen molar-refractivity contribution >= 4 is 41.7 Å². The van der Waals surface area contributed by atoms with Crippen molar-refractivity contribution in [3.05, 3.63) is 54.1 Å². The number of thioether (sulfide) groups is 1. The second kappa shape index (κ2) is 10.3. The van der Waals surface area contributed by atoms with Crippen molar-refractivity contribution in [3.8, 4) is 11.5 Å². The largest absolute Gasteiger partial charge is 0.453 e. The van der Waals surface area contributed by atoms with Gasteiger partial charge in [0.2, 0.25) is 0 Å². The Morgan fingerprint density at radius 1 is 1.39 bits per heavy atom. The summed E-state index contributed by atoms with van der Waals surface area (Å²) in [7, 11) is 1.78. The van der Waals surface area contributed by atoms with Crippen molar-refractivity contribution in [1.82, 2.24) is 15.2 Å². The lowest BCUT2D eigenvalue weighted by molar-refractivity contribution is 0.375. The molecule has 1 N–H and O–H groups in total. The van der Waals surface area contributed by atoms with E-state index in [9.17, 15) is 4.39 Å². The molecular formula is C20H26FIN4OS. The van der Waals surface area contributed by atoms with Crippen molar-refractivity contribution in [2.24, 2.45) is 4.99 Å². The molecule has 5 nitrogen and oxygen atoms in total. The number of hydrogen-bond donors (Lipinski definition) is 1. The highest BCUT2D eigenvalue weighted by Gasteiger charge is 2.28. The van der Waals surface area contributed by atoms with Gasteiger partial charge in [0.25, 0.3) is 0 Å². The Morgan fingerprint density at radius 3 is 2.86 bits per heavy atom. The van der Waals surface area contributed by atoms with Crippen molar-refractivity contribution in [3.63, 3.8) is 0 Å². The quantitative estimate of drug-likeness (QED) is 0.368. The predicted octanol–water partition coefficient (Wildman–Crippen LogP) is 4.53. The maximum absolute atomic E-state index is 14.4. The van der Waals surface area contributed by atoms with E-state index >= 15 is 0 Å². The first-order chi connectivity index (χ1) is 13.0. The number of aliphatic imine (C=N–C) groups is 1. The molecular weight excluding hydrogens is 490 g/mol. The molecule has 0 atom stereocenters. The van der Waals surface area contributed by atoms with E-state index in [4.69, 9.17) is 4.74 Å².